The second-order valence-electron chi connectivity index (χ2n) is 7.43. The van der Waals surface area contributed by atoms with Gasteiger partial charge in [-0.05, 0) is 45.2 Å². The summed E-state index contributed by atoms with van der Waals surface area (Å²) in [7, 11) is 0. The summed E-state index contributed by atoms with van der Waals surface area (Å²) in [5, 5.41) is 8.05. The highest BCUT2D eigenvalue weighted by atomic mass is 16.2. The third-order valence-corrected chi connectivity index (χ3v) is 5.39. The lowest BCUT2D eigenvalue weighted by Crippen LogP contribution is -2.52. The Labute approximate surface area is 156 Å². The van der Waals surface area contributed by atoms with Crippen molar-refractivity contribution in [3.63, 3.8) is 0 Å². The van der Waals surface area contributed by atoms with Crippen LogP contribution in [0.15, 0.2) is 24.3 Å². The molecule has 1 saturated heterocycles. The van der Waals surface area contributed by atoms with E-state index in [4.69, 9.17) is 5.10 Å². The molecule has 1 amide bonds. The quantitative estimate of drug-likeness (QED) is 0.898. The van der Waals surface area contributed by atoms with Crippen LogP contribution >= 0.6 is 0 Å². The highest BCUT2D eigenvalue weighted by Crippen LogP contribution is 2.18. The van der Waals surface area contributed by atoms with Crippen molar-refractivity contribution in [1.82, 2.24) is 20.0 Å². The van der Waals surface area contributed by atoms with Crippen LogP contribution in [0.3, 0.4) is 0 Å². The SMILES string of the molecule is Cc1ccc(Cn2nc(C)c(CCC(=O)N3CCNC[C@H]3C)c2C)cc1. The van der Waals surface area contributed by atoms with E-state index >= 15 is 0 Å². The highest BCUT2D eigenvalue weighted by Gasteiger charge is 2.23. The number of hydrogen-bond donors (Lipinski definition) is 1. The summed E-state index contributed by atoms with van der Waals surface area (Å²) in [6.07, 6.45) is 1.32. The highest BCUT2D eigenvalue weighted by molar-refractivity contribution is 5.77. The molecule has 1 N–H and O–H groups in total. The zero-order chi connectivity index (χ0) is 18.7. The van der Waals surface area contributed by atoms with Gasteiger partial charge in [0.1, 0.15) is 0 Å². The number of aryl methyl sites for hydroxylation is 2. The van der Waals surface area contributed by atoms with Crippen molar-refractivity contribution < 1.29 is 4.79 Å². The molecular weight excluding hydrogens is 324 g/mol. The third-order valence-electron chi connectivity index (χ3n) is 5.39. The van der Waals surface area contributed by atoms with Gasteiger partial charge in [0, 0.05) is 37.8 Å². The molecule has 3 rings (SSSR count). The molecule has 140 valence electrons. The van der Waals surface area contributed by atoms with Crippen LogP contribution in [0.1, 0.15) is 41.4 Å². The minimum Gasteiger partial charge on any atom is -0.337 e. The first-order valence-electron chi connectivity index (χ1n) is 9.54. The maximum Gasteiger partial charge on any atom is 0.223 e. The lowest BCUT2D eigenvalue weighted by atomic mass is 10.1. The Morgan fingerprint density at radius 1 is 1.23 bits per heavy atom. The molecule has 5 heteroatoms. The van der Waals surface area contributed by atoms with Gasteiger partial charge in [-0.25, -0.2) is 0 Å². The molecule has 1 aliphatic rings. The van der Waals surface area contributed by atoms with Gasteiger partial charge in [0.15, 0.2) is 0 Å². The summed E-state index contributed by atoms with van der Waals surface area (Å²) in [6.45, 7) is 11.7. The van der Waals surface area contributed by atoms with E-state index in [0.29, 0.717) is 6.42 Å². The van der Waals surface area contributed by atoms with Gasteiger partial charge < -0.3 is 10.2 Å². The first-order valence-corrected chi connectivity index (χ1v) is 9.54. The molecule has 26 heavy (non-hydrogen) atoms. The van der Waals surface area contributed by atoms with E-state index in [9.17, 15) is 4.79 Å². The predicted octanol–water partition coefficient (Wildman–Crippen LogP) is 2.61. The minimum atomic E-state index is 0.254. The Balaban J connectivity index is 1.66. The van der Waals surface area contributed by atoms with Crippen LogP contribution in [0, 0.1) is 20.8 Å². The van der Waals surface area contributed by atoms with E-state index in [1.807, 2.05) is 11.8 Å². The maximum absolute atomic E-state index is 12.6. The van der Waals surface area contributed by atoms with E-state index in [0.717, 1.165) is 38.3 Å². The molecule has 0 unspecified atom stereocenters. The lowest BCUT2D eigenvalue weighted by Gasteiger charge is -2.34. The molecule has 1 aromatic carbocycles. The number of carbonyl (C=O) groups is 1. The van der Waals surface area contributed by atoms with Crippen LogP contribution < -0.4 is 5.32 Å². The minimum absolute atomic E-state index is 0.254. The number of benzene rings is 1. The topological polar surface area (TPSA) is 50.2 Å². The lowest BCUT2D eigenvalue weighted by molar-refractivity contribution is -0.133. The van der Waals surface area contributed by atoms with Gasteiger partial charge in [0.2, 0.25) is 5.91 Å². The molecule has 1 fully saturated rings. The van der Waals surface area contributed by atoms with Crippen LogP contribution in [0.25, 0.3) is 0 Å². The molecule has 1 atom stereocenters. The van der Waals surface area contributed by atoms with Crippen molar-refractivity contribution in [2.24, 2.45) is 0 Å². The number of piperazine rings is 1. The van der Waals surface area contributed by atoms with Crippen LogP contribution in [0.4, 0.5) is 0 Å². The van der Waals surface area contributed by atoms with E-state index in [1.54, 1.807) is 0 Å². The number of amides is 1. The Morgan fingerprint density at radius 2 is 1.96 bits per heavy atom. The fourth-order valence-corrected chi connectivity index (χ4v) is 3.70. The van der Waals surface area contributed by atoms with Crippen molar-refractivity contribution in [2.75, 3.05) is 19.6 Å². The first kappa shape index (κ1) is 18.6. The zero-order valence-electron chi connectivity index (χ0n) is 16.4. The standard InChI is InChI=1S/C21H30N4O/c1-15-5-7-19(8-6-15)14-25-18(4)20(17(3)23-25)9-10-21(26)24-12-11-22-13-16(24)2/h5-8,16,22H,9-14H2,1-4H3/t16-/m1/s1. The Kier molecular flexibility index (Phi) is 5.77. The molecule has 2 heterocycles. The third kappa shape index (κ3) is 4.15. The Hall–Kier alpha value is -2.14. The summed E-state index contributed by atoms with van der Waals surface area (Å²) in [4.78, 5) is 14.6. The summed E-state index contributed by atoms with van der Waals surface area (Å²) in [5.41, 5.74) is 5.94. The van der Waals surface area contributed by atoms with E-state index in [2.05, 4.69) is 55.0 Å². The second-order valence-corrected chi connectivity index (χ2v) is 7.43. The van der Waals surface area contributed by atoms with Crippen LogP contribution in [-0.2, 0) is 17.8 Å². The van der Waals surface area contributed by atoms with Crippen LogP contribution in [-0.4, -0.2) is 46.3 Å². The molecule has 0 saturated carbocycles. The summed E-state index contributed by atoms with van der Waals surface area (Å²) in [6, 6.07) is 8.86. The van der Waals surface area contributed by atoms with Crippen LogP contribution in [0.5, 0.6) is 0 Å². The smallest absolute Gasteiger partial charge is 0.223 e. The van der Waals surface area contributed by atoms with Gasteiger partial charge in [-0.2, -0.15) is 5.10 Å². The number of aromatic nitrogens is 2. The average Bonchev–Trinajstić information content (AvgIpc) is 2.88. The van der Waals surface area contributed by atoms with Gasteiger partial charge >= 0.3 is 0 Å². The number of nitrogens with zero attached hydrogens (tertiary/aromatic N) is 3. The van der Waals surface area contributed by atoms with Gasteiger partial charge in [-0.3, -0.25) is 9.48 Å². The van der Waals surface area contributed by atoms with E-state index in [-0.39, 0.29) is 11.9 Å². The van der Waals surface area contributed by atoms with Crippen molar-refractivity contribution >= 4 is 5.91 Å². The van der Waals surface area contributed by atoms with Crippen LogP contribution in [0.2, 0.25) is 0 Å². The molecule has 0 aliphatic carbocycles. The van der Waals surface area contributed by atoms with Gasteiger partial charge in [-0.15, -0.1) is 0 Å². The number of nitrogens with one attached hydrogen (secondary N) is 1. The van der Waals surface area contributed by atoms with Gasteiger partial charge in [0.05, 0.1) is 12.2 Å². The fraction of sp³-hybridized carbons (Fsp3) is 0.524. The van der Waals surface area contributed by atoms with E-state index in [1.165, 1.54) is 22.4 Å². The van der Waals surface area contributed by atoms with Crippen molar-refractivity contribution in [2.45, 2.75) is 53.1 Å². The van der Waals surface area contributed by atoms with Crippen molar-refractivity contribution in [1.29, 1.82) is 0 Å². The summed E-state index contributed by atoms with van der Waals surface area (Å²) >= 11 is 0. The monoisotopic (exact) mass is 354 g/mol. The van der Waals surface area contributed by atoms with E-state index < -0.39 is 0 Å². The second kappa shape index (κ2) is 8.04. The normalized spacial score (nSPS) is 17.5. The Bertz CT molecular complexity index is 763. The zero-order valence-corrected chi connectivity index (χ0v) is 16.4. The summed E-state index contributed by atoms with van der Waals surface area (Å²) in [5.74, 6) is 0.254. The molecular formula is C21H30N4O. The molecule has 5 nitrogen and oxygen atoms in total. The molecule has 0 bridgehead atoms. The molecule has 1 aromatic heterocycles. The first-order chi connectivity index (χ1) is 12.5. The number of hydrogen-bond acceptors (Lipinski definition) is 3. The van der Waals surface area contributed by atoms with Crippen molar-refractivity contribution in [3.05, 3.63) is 52.3 Å². The largest absolute Gasteiger partial charge is 0.337 e. The van der Waals surface area contributed by atoms with Crippen molar-refractivity contribution in [3.8, 4) is 0 Å². The van der Waals surface area contributed by atoms with Gasteiger partial charge in [-0.1, -0.05) is 29.8 Å². The molecule has 2 aromatic rings. The predicted molar refractivity (Wildman–Crippen MR) is 104 cm³/mol. The van der Waals surface area contributed by atoms with Gasteiger partial charge in [0.25, 0.3) is 0 Å². The fourth-order valence-electron chi connectivity index (χ4n) is 3.70. The number of carbonyl (C=O) groups excluding carboxylic acids is 1. The molecule has 1 aliphatic heterocycles. The summed E-state index contributed by atoms with van der Waals surface area (Å²) < 4.78 is 2.06. The Morgan fingerprint density at radius 3 is 2.65 bits per heavy atom. The molecule has 0 spiro atoms. The maximum atomic E-state index is 12.6. The number of rotatable bonds is 5. The molecule has 0 radical (unpaired) electrons. The average molecular weight is 354 g/mol.